The van der Waals surface area contributed by atoms with Gasteiger partial charge in [0, 0.05) is 6.07 Å². The van der Waals surface area contributed by atoms with Crippen molar-refractivity contribution in [1.82, 2.24) is 0 Å². The first-order valence-electron chi connectivity index (χ1n) is 5.98. The molecule has 0 aliphatic heterocycles. The first kappa shape index (κ1) is 13.0. The number of rotatable bonds is 4. The van der Waals surface area contributed by atoms with Gasteiger partial charge in [0.15, 0.2) is 0 Å². The summed E-state index contributed by atoms with van der Waals surface area (Å²) < 4.78 is 31.8. The predicted octanol–water partition coefficient (Wildman–Crippen LogP) is 1.96. The molecule has 1 fully saturated rings. The van der Waals surface area contributed by atoms with Crippen LogP contribution in [0.4, 0.5) is 11.4 Å². The molecule has 2 rings (SSSR count). The molecular formula is C12H18N2O3S. The minimum absolute atomic E-state index is 0.293. The molecule has 1 saturated carbocycles. The van der Waals surface area contributed by atoms with Gasteiger partial charge in [-0.05, 0) is 25.0 Å². The lowest BCUT2D eigenvalue weighted by atomic mass is 10.2. The number of anilines is 2. The van der Waals surface area contributed by atoms with Gasteiger partial charge >= 0.3 is 0 Å². The molecule has 0 radical (unpaired) electrons. The molecule has 0 unspecified atom stereocenters. The Morgan fingerprint density at radius 1 is 1.33 bits per heavy atom. The van der Waals surface area contributed by atoms with Crippen LogP contribution in [-0.4, -0.2) is 20.8 Å². The topological polar surface area (TPSA) is 81.4 Å². The molecule has 0 aromatic heterocycles. The van der Waals surface area contributed by atoms with Crippen LogP contribution in [0, 0.1) is 0 Å². The van der Waals surface area contributed by atoms with Crippen molar-refractivity contribution in [2.75, 3.05) is 17.6 Å². The van der Waals surface area contributed by atoms with E-state index in [1.165, 1.54) is 7.11 Å². The summed E-state index contributed by atoms with van der Waals surface area (Å²) in [5, 5.41) is -0.293. The largest absolute Gasteiger partial charge is 0.497 e. The monoisotopic (exact) mass is 270 g/mol. The lowest BCUT2D eigenvalue weighted by Gasteiger charge is -2.15. The van der Waals surface area contributed by atoms with Crippen molar-refractivity contribution in [1.29, 1.82) is 0 Å². The lowest BCUT2D eigenvalue weighted by molar-refractivity contribution is 0.415. The summed E-state index contributed by atoms with van der Waals surface area (Å²) in [5.41, 5.74) is 6.59. The van der Waals surface area contributed by atoms with E-state index in [2.05, 4.69) is 4.72 Å². The highest BCUT2D eigenvalue weighted by Gasteiger charge is 2.28. The number of nitrogens with two attached hydrogens (primary N) is 1. The van der Waals surface area contributed by atoms with Crippen molar-refractivity contribution < 1.29 is 13.2 Å². The molecule has 1 aromatic carbocycles. The second-order valence-electron chi connectivity index (χ2n) is 4.51. The summed E-state index contributed by atoms with van der Waals surface area (Å²) in [6, 6.07) is 4.91. The molecule has 5 nitrogen and oxygen atoms in total. The van der Waals surface area contributed by atoms with E-state index >= 15 is 0 Å². The van der Waals surface area contributed by atoms with Crippen LogP contribution < -0.4 is 15.2 Å². The number of hydrogen-bond acceptors (Lipinski definition) is 4. The van der Waals surface area contributed by atoms with E-state index < -0.39 is 10.0 Å². The van der Waals surface area contributed by atoms with Gasteiger partial charge in [0.2, 0.25) is 10.0 Å². The van der Waals surface area contributed by atoms with Gasteiger partial charge in [-0.3, -0.25) is 4.72 Å². The quantitative estimate of drug-likeness (QED) is 0.819. The first-order valence-corrected chi connectivity index (χ1v) is 7.53. The molecule has 0 atom stereocenters. The van der Waals surface area contributed by atoms with Crippen molar-refractivity contribution in [3.05, 3.63) is 18.2 Å². The highest BCUT2D eigenvalue weighted by atomic mass is 32.2. The van der Waals surface area contributed by atoms with Gasteiger partial charge < -0.3 is 10.5 Å². The van der Waals surface area contributed by atoms with E-state index in [1.807, 2.05) is 0 Å². The molecule has 6 heteroatoms. The van der Waals surface area contributed by atoms with Gasteiger partial charge in [-0.2, -0.15) is 0 Å². The van der Waals surface area contributed by atoms with Gasteiger partial charge in [-0.25, -0.2) is 8.42 Å². The second-order valence-corrected chi connectivity index (χ2v) is 6.47. The highest BCUT2D eigenvalue weighted by molar-refractivity contribution is 7.93. The Labute approximate surface area is 107 Å². The van der Waals surface area contributed by atoms with E-state index in [-0.39, 0.29) is 5.25 Å². The van der Waals surface area contributed by atoms with Crippen LogP contribution in [0.2, 0.25) is 0 Å². The first-order chi connectivity index (χ1) is 8.53. The summed E-state index contributed by atoms with van der Waals surface area (Å²) >= 11 is 0. The molecule has 1 aromatic rings. The molecule has 1 aliphatic rings. The summed E-state index contributed by atoms with van der Waals surface area (Å²) in [6.07, 6.45) is 3.41. The van der Waals surface area contributed by atoms with Gasteiger partial charge in [0.25, 0.3) is 0 Å². The third-order valence-corrected chi connectivity index (χ3v) is 5.11. The molecule has 0 saturated heterocycles. The number of hydrogen-bond donors (Lipinski definition) is 2. The highest BCUT2D eigenvalue weighted by Crippen LogP contribution is 2.29. The Bertz CT molecular complexity index is 522. The molecule has 0 bridgehead atoms. The fraction of sp³-hybridized carbons (Fsp3) is 0.500. The molecule has 18 heavy (non-hydrogen) atoms. The normalized spacial score (nSPS) is 16.7. The van der Waals surface area contributed by atoms with Crippen LogP contribution >= 0.6 is 0 Å². The zero-order valence-corrected chi connectivity index (χ0v) is 11.2. The van der Waals surface area contributed by atoms with Gasteiger partial charge in [0.1, 0.15) is 5.75 Å². The van der Waals surface area contributed by atoms with Crippen LogP contribution in [0.15, 0.2) is 18.2 Å². The molecule has 100 valence electrons. The van der Waals surface area contributed by atoms with Crippen molar-refractivity contribution in [3.63, 3.8) is 0 Å². The van der Waals surface area contributed by atoms with Crippen LogP contribution in [0.25, 0.3) is 0 Å². The van der Waals surface area contributed by atoms with E-state index in [1.54, 1.807) is 18.2 Å². The van der Waals surface area contributed by atoms with E-state index in [9.17, 15) is 8.42 Å². The SMILES string of the molecule is COc1ccc(NS(=O)(=O)C2CCCC2)c(N)c1. The molecule has 1 aliphatic carbocycles. The van der Waals surface area contributed by atoms with Crippen LogP contribution in [0.1, 0.15) is 25.7 Å². The zero-order valence-electron chi connectivity index (χ0n) is 10.3. The van der Waals surface area contributed by atoms with E-state index in [4.69, 9.17) is 10.5 Å². The summed E-state index contributed by atoms with van der Waals surface area (Å²) in [4.78, 5) is 0. The number of sulfonamides is 1. The van der Waals surface area contributed by atoms with Crippen LogP contribution in [-0.2, 0) is 10.0 Å². The molecular weight excluding hydrogens is 252 g/mol. The minimum Gasteiger partial charge on any atom is -0.497 e. The number of methoxy groups -OCH3 is 1. The zero-order chi connectivity index (χ0) is 13.2. The third-order valence-electron chi connectivity index (χ3n) is 3.25. The average Bonchev–Trinajstić information content (AvgIpc) is 2.86. The lowest BCUT2D eigenvalue weighted by Crippen LogP contribution is -2.25. The summed E-state index contributed by atoms with van der Waals surface area (Å²) in [6.45, 7) is 0. The Morgan fingerprint density at radius 2 is 2.00 bits per heavy atom. The Morgan fingerprint density at radius 3 is 2.56 bits per heavy atom. The summed E-state index contributed by atoms with van der Waals surface area (Å²) in [5.74, 6) is 0.608. The number of benzene rings is 1. The van der Waals surface area contributed by atoms with Crippen LogP contribution in [0.3, 0.4) is 0 Å². The molecule has 0 amide bonds. The van der Waals surface area contributed by atoms with E-state index in [0.29, 0.717) is 17.1 Å². The van der Waals surface area contributed by atoms with Crippen molar-refractivity contribution >= 4 is 21.4 Å². The predicted molar refractivity (Wildman–Crippen MR) is 72.2 cm³/mol. The smallest absolute Gasteiger partial charge is 0.235 e. The van der Waals surface area contributed by atoms with Gasteiger partial charge in [-0.1, -0.05) is 12.8 Å². The third kappa shape index (κ3) is 2.69. The van der Waals surface area contributed by atoms with Crippen molar-refractivity contribution in [2.24, 2.45) is 0 Å². The minimum atomic E-state index is -3.33. The van der Waals surface area contributed by atoms with Crippen molar-refractivity contribution in [2.45, 2.75) is 30.9 Å². The average molecular weight is 270 g/mol. The number of nitrogens with one attached hydrogen (secondary N) is 1. The Hall–Kier alpha value is -1.43. The molecule has 3 N–H and O–H groups in total. The maximum atomic E-state index is 12.1. The Kier molecular flexibility index (Phi) is 3.65. The van der Waals surface area contributed by atoms with Crippen LogP contribution in [0.5, 0.6) is 5.75 Å². The van der Waals surface area contributed by atoms with Gasteiger partial charge in [-0.15, -0.1) is 0 Å². The maximum Gasteiger partial charge on any atom is 0.235 e. The Balaban J connectivity index is 2.18. The second kappa shape index (κ2) is 5.06. The summed E-state index contributed by atoms with van der Waals surface area (Å²) in [7, 11) is -1.79. The fourth-order valence-corrected chi connectivity index (χ4v) is 3.81. The standard InChI is InChI=1S/C12H18N2O3S/c1-17-9-6-7-12(11(13)8-9)14-18(15,16)10-4-2-3-5-10/h6-8,10,14H,2-5,13H2,1H3. The van der Waals surface area contributed by atoms with E-state index in [0.717, 1.165) is 25.7 Å². The van der Waals surface area contributed by atoms with Gasteiger partial charge in [0.05, 0.1) is 23.7 Å². The molecule has 0 heterocycles. The maximum absolute atomic E-state index is 12.1. The number of nitrogen functional groups attached to an aromatic ring is 1. The number of ether oxygens (including phenoxy) is 1. The fourth-order valence-electron chi connectivity index (χ4n) is 2.20. The van der Waals surface area contributed by atoms with Crippen molar-refractivity contribution in [3.8, 4) is 5.75 Å². The molecule has 0 spiro atoms.